The van der Waals surface area contributed by atoms with E-state index < -0.39 is 0 Å². The molecule has 1 saturated heterocycles. The molecule has 0 radical (unpaired) electrons. The summed E-state index contributed by atoms with van der Waals surface area (Å²) in [6.45, 7) is 10.5. The van der Waals surface area contributed by atoms with Crippen molar-refractivity contribution in [2.45, 2.75) is 45.8 Å². The molecule has 1 aliphatic rings. The van der Waals surface area contributed by atoms with E-state index in [1.165, 1.54) is 16.3 Å². The number of aryl methyl sites for hydroxylation is 1. The maximum Gasteiger partial charge on any atom is 0.495 e. The van der Waals surface area contributed by atoms with Gasteiger partial charge in [-0.05, 0) is 50.9 Å². The van der Waals surface area contributed by atoms with E-state index in [-0.39, 0.29) is 18.3 Å². The van der Waals surface area contributed by atoms with E-state index in [0.717, 1.165) is 5.46 Å². The largest absolute Gasteiger partial charge is 0.495 e. The van der Waals surface area contributed by atoms with Crippen LogP contribution in [0.1, 0.15) is 33.3 Å². The second-order valence-corrected chi connectivity index (χ2v) is 6.66. The minimum absolute atomic E-state index is 0.301. The highest BCUT2D eigenvalue weighted by atomic mass is 16.7. The van der Waals surface area contributed by atoms with Gasteiger partial charge in [0.05, 0.1) is 11.2 Å². The van der Waals surface area contributed by atoms with Crippen LogP contribution in [0.15, 0.2) is 36.4 Å². The van der Waals surface area contributed by atoms with E-state index in [9.17, 15) is 0 Å². The number of hydrogen-bond donors (Lipinski definition) is 0. The van der Waals surface area contributed by atoms with E-state index in [1.807, 2.05) is 0 Å². The van der Waals surface area contributed by atoms with E-state index in [4.69, 9.17) is 9.31 Å². The number of rotatable bonds is 1. The molecule has 1 fully saturated rings. The Morgan fingerprint density at radius 2 is 1.50 bits per heavy atom. The van der Waals surface area contributed by atoms with Crippen LogP contribution in [0.25, 0.3) is 10.8 Å². The molecule has 2 aromatic carbocycles. The molecule has 0 bridgehead atoms. The number of hydrogen-bond acceptors (Lipinski definition) is 2. The second-order valence-electron chi connectivity index (χ2n) is 6.66. The minimum Gasteiger partial charge on any atom is -0.399 e. The van der Waals surface area contributed by atoms with Gasteiger partial charge in [-0.3, -0.25) is 0 Å². The number of benzene rings is 2. The van der Waals surface area contributed by atoms with Crippen LogP contribution in [0.5, 0.6) is 0 Å². The lowest BCUT2D eigenvalue weighted by molar-refractivity contribution is 0.00578. The van der Waals surface area contributed by atoms with Crippen LogP contribution in [-0.4, -0.2) is 18.3 Å². The molecule has 1 aliphatic heterocycles. The molecule has 104 valence electrons. The van der Waals surface area contributed by atoms with Crippen molar-refractivity contribution in [3.8, 4) is 0 Å². The first-order chi connectivity index (χ1) is 9.30. The van der Waals surface area contributed by atoms with Gasteiger partial charge in [-0.1, -0.05) is 42.0 Å². The maximum absolute atomic E-state index is 6.19. The van der Waals surface area contributed by atoms with Crippen LogP contribution in [-0.2, 0) is 9.31 Å². The Bertz CT molecular complexity index is 645. The topological polar surface area (TPSA) is 18.5 Å². The van der Waals surface area contributed by atoms with E-state index in [1.54, 1.807) is 0 Å². The predicted octanol–water partition coefficient (Wildman–Crippen LogP) is 3.45. The molecule has 0 aromatic heterocycles. The smallest absolute Gasteiger partial charge is 0.399 e. The molecule has 0 saturated carbocycles. The summed E-state index contributed by atoms with van der Waals surface area (Å²) >= 11 is 0. The first-order valence-electron chi connectivity index (χ1n) is 7.15. The Labute approximate surface area is 121 Å². The second kappa shape index (κ2) is 4.34. The minimum atomic E-state index is -0.303. The molecule has 0 amide bonds. The molecular formula is C17H21BO2. The highest BCUT2D eigenvalue weighted by Crippen LogP contribution is 2.37. The summed E-state index contributed by atoms with van der Waals surface area (Å²) in [6, 6.07) is 12.8. The van der Waals surface area contributed by atoms with Crippen molar-refractivity contribution in [2.24, 2.45) is 0 Å². The summed E-state index contributed by atoms with van der Waals surface area (Å²) in [7, 11) is -0.301. The van der Waals surface area contributed by atoms with E-state index >= 15 is 0 Å². The van der Waals surface area contributed by atoms with Gasteiger partial charge in [0.1, 0.15) is 0 Å². The Balaban J connectivity index is 2.12. The van der Waals surface area contributed by atoms with Gasteiger partial charge in [0.2, 0.25) is 0 Å². The molecule has 0 unspecified atom stereocenters. The zero-order valence-electron chi connectivity index (χ0n) is 12.9. The highest BCUT2D eigenvalue weighted by molar-refractivity contribution is 6.65. The Hall–Kier alpha value is -1.32. The fourth-order valence-electron chi connectivity index (χ4n) is 2.66. The van der Waals surface area contributed by atoms with Gasteiger partial charge in [0, 0.05) is 0 Å². The van der Waals surface area contributed by atoms with Crippen molar-refractivity contribution >= 4 is 23.4 Å². The molecule has 0 atom stereocenters. The summed E-state index contributed by atoms with van der Waals surface area (Å²) in [5.41, 5.74) is 1.75. The molecule has 20 heavy (non-hydrogen) atoms. The van der Waals surface area contributed by atoms with Gasteiger partial charge in [-0.15, -0.1) is 0 Å². The third-order valence-electron chi connectivity index (χ3n) is 4.55. The summed E-state index contributed by atoms with van der Waals surface area (Å²) in [6.07, 6.45) is 0. The highest BCUT2D eigenvalue weighted by Gasteiger charge is 2.52. The SMILES string of the molecule is Cc1cc(B2OC(C)(C)C(C)(C)O2)c2ccccc2c1. The van der Waals surface area contributed by atoms with E-state index in [2.05, 4.69) is 71.0 Å². The first kappa shape index (κ1) is 13.7. The predicted molar refractivity (Wildman–Crippen MR) is 84.4 cm³/mol. The summed E-state index contributed by atoms with van der Waals surface area (Å²) < 4.78 is 12.4. The van der Waals surface area contributed by atoms with Crippen molar-refractivity contribution < 1.29 is 9.31 Å². The van der Waals surface area contributed by atoms with Crippen LogP contribution in [0.2, 0.25) is 0 Å². The number of fused-ring (bicyclic) bond motifs is 1. The van der Waals surface area contributed by atoms with Crippen LogP contribution >= 0.6 is 0 Å². The molecule has 2 nitrogen and oxygen atoms in total. The van der Waals surface area contributed by atoms with Crippen LogP contribution in [0, 0.1) is 6.92 Å². The first-order valence-corrected chi connectivity index (χ1v) is 7.15. The molecule has 1 heterocycles. The average Bonchev–Trinajstić information content (AvgIpc) is 2.57. The lowest BCUT2D eigenvalue weighted by atomic mass is 9.75. The summed E-state index contributed by atoms with van der Waals surface area (Å²) in [5.74, 6) is 0. The van der Waals surface area contributed by atoms with Crippen LogP contribution < -0.4 is 5.46 Å². The van der Waals surface area contributed by atoms with Crippen molar-refractivity contribution in [1.82, 2.24) is 0 Å². The van der Waals surface area contributed by atoms with Gasteiger partial charge in [0.25, 0.3) is 0 Å². The molecule has 3 rings (SSSR count). The van der Waals surface area contributed by atoms with Crippen molar-refractivity contribution in [3.63, 3.8) is 0 Å². The van der Waals surface area contributed by atoms with Gasteiger partial charge < -0.3 is 9.31 Å². The van der Waals surface area contributed by atoms with Crippen LogP contribution in [0.4, 0.5) is 0 Å². The molecule has 0 N–H and O–H groups in total. The Morgan fingerprint density at radius 1 is 0.900 bits per heavy atom. The Kier molecular flexibility index (Phi) is 2.96. The van der Waals surface area contributed by atoms with Gasteiger partial charge in [0.15, 0.2) is 0 Å². The summed E-state index contributed by atoms with van der Waals surface area (Å²) in [4.78, 5) is 0. The molecule has 2 aromatic rings. The monoisotopic (exact) mass is 268 g/mol. The lowest BCUT2D eigenvalue weighted by Gasteiger charge is -2.32. The van der Waals surface area contributed by atoms with Gasteiger partial charge in [-0.25, -0.2) is 0 Å². The average molecular weight is 268 g/mol. The lowest BCUT2D eigenvalue weighted by Crippen LogP contribution is -2.41. The third kappa shape index (κ3) is 2.06. The van der Waals surface area contributed by atoms with Crippen molar-refractivity contribution in [1.29, 1.82) is 0 Å². The maximum atomic E-state index is 6.19. The normalized spacial score (nSPS) is 20.6. The molecular weight excluding hydrogens is 247 g/mol. The third-order valence-corrected chi connectivity index (χ3v) is 4.55. The fraction of sp³-hybridized carbons (Fsp3) is 0.412. The zero-order valence-corrected chi connectivity index (χ0v) is 12.9. The molecule has 0 spiro atoms. The summed E-state index contributed by atoms with van der Waals surface area (Å²) in [5, 5.41) is 2.44. The Morgan fingerprint density at radius 3 is 2.15 bits per heavy atom. The van der Waals surface area contributed by atoms with Gasteiger partial charge in [-0.2, -0.15) is 0 Å². The quantitative estimate of drug-likeness (QED) is 0.737. The zero-order chi connectivity index (χ0) is 14.5. The van der Waals surface area contributed by atoms with Crippen molar-refractivity contribution in [2.75, 3.05) is 0 Å². The molecule has 0 aliphatic carbocycles. The van der Waals surface area contributed by atoms with E-state index in [0.29, 0.717) is 0 Å². The van der Waals surface area contributed by atoms with Crippen LogP contribution in [0.3, 0.4) is 0 Å². The fourth-order valence-corrected chi connectivity index (χ4v) is 2.66. The standard InChI is InChI=1S/C17H21BO2/c1-12-10-13-8-6-7-9-14(13)15(11-12)18-19-16(2,3)17(4,5)20-18/h6-11H,1-5H3. The van der Waals surface area contributed by atoms with Gasteiger partial charge >= 0.3 is 7.12 Å². The molecule has 3 heteroatoms. The van der Waals surface area contributed by atoms with Crippen molar-refractivity contribution in [3.05, 3.63) is 42.0 Å².